The zero-order valence-electron chi connectivity index (χ0n) is 10.3. The first-order valence-corrected chi connectivity index (χ1v) is 7.00. The lowest BCUT2D eigenvalue weighted by molar-refractivity contribution is 0.0333. The fraction of sp³-hybridized carbons (Fsp3) is 1.00. The molecule has 0 radical (unpaired) electrons. The minimum absolute atomic E-state index is 0.383. The molecule has 0 unspecified atom stereocenters. The van der Waals surface area contributed by atoms with Gasteiger partial charge in [0.05, 0.1) is 6.61 Å². The number of rotatable bonds is 5. The summed E-state index contributed by atoms with van der Waals surface area (Å²) in [6, 6.07) is 0. The molecule has 15 heavy (non-hydrogen) atoms. The average molecular weight is 230 g/mol. The normalized spacial score (nSPS) is 21.6. The fourth-order valence-electron chi connectivity index (χ4n) is 2.34. The van der Waals surface area contributed by atoms with Crippen molar-refractivity contribution in [1.82, 2.24) is 0 Å². The quantitative estimate of drug-likeness (QED) is 0.556. The molecule has 0 aromatic heterocycles. The Morgan fingerprint density at radius 2 is 1.73 bits per heavy atom. The van der Waals surface area contributed by atoms with Crippen LogP contribution in [0.25, 0.3) is 0 Å². The van der Waals surface area contributed by atoms with Gasteiger partial charge in [-0.15, -0.1) is 0 Å². The second-order valence-corrected chi connectivity index (χ2v) is 5.80. The Morgan fingerprint density at radius 3 is 2.20 bits per heavy atom. The summed E-state index contributed by atoms with van der Waals surface area (Å²) >= 11 is 4.54. The van der Waals surface area contributed by atoms with E-state index in [-0.39, 0.29) is 0 Å². The minimum atomic E-state index is 0.383. The largest absolute Gasteiger partial charge is 0.381 e. The van der Waals surface area contributed by atoms with Crippen LogP contribution in [0.5, 0.6) is 0 Å². The van der Waals surface area contributed by atoms with E-state index >= 15 is 0 Å². The van der Waals surface area contributed by atoms with Crippen molar-refractivity contribution < 1.29 is 4.74 Å². The first kappa shape index (κ1) is 13.4. The summed E-state index contributed by atoms with van der Waals surface area (Å²) in [7, 11) is 0. The van der Waals surface area contributed by atoms with E-state index < -0.39 is 0 Å². The monoisotopic (exact) mass is 230 g/mol. The van der Waals surface area contributed by atoms with Crippen molar-refractivity contribution in [3.63, 3.8) is 0 Å². The van der Waals surface area contributed by atoms with Crippen molar-refractivity contribution in [1.29, 1.82) is 0 Å². The number of hydrogen-bond acceptors (Lipinski definition) is 2. The van der Waals surface area contributed by atoms with Crippen LogP contribution in [0.3, 0.4) is 0 Å². The molecule has 1 rings (SSSR count). The Kier molecular flexibility index (Phi) is 6.06. The van der Waals surface area contributed by atoms with Gasteiger partial charge in [-0.25, -0.2) is 0 Å². The van der Waals surface area contributed by atoms with Gasteiger partial charge in [-0.1, -0.05) is 39.5 Å². The molecule has 0 N–H and O–H groups in total. The van der Waals surface area contributed by atoms with Gasteiger partial charge in [-0.05, 0) is 24.5 Å². The second kappa shape index (κ2) is 6.80. The maximum atomic E-state index is 5.84. The molecule has 0 heterocycles. The molecule has 1 aliphatic carbocycles. The van der Waals surface area contributed by atoms with Gasteiger partial charge in [0.15, 0.2) is 0 Å². The summed E-state index contributed by atoms with van der Waals surface area (Å²) in [6.45, 7) is 6.24. The van der Waals surface area contributed by atoms with E-state index in [0.29, 0.717) is 11.3 Å². The third kappa shape index (κ3) is 4.78. The molecule has 0 amide bonds. The molecule has 1 nitrogen and oxygen atoms in total. The molecule has 1 fully saturated rings. The summed E-state index contributed by atoms with van der Waals surface area (Å²) in [6.07, 6.45) is 8.17. The predicted octanol–water partition coefficient (Wildman–Crippen LogP) is 3.93. The Morgan fingerprint density at radius 1 is 1.13 bits per heavy atom. The van der Waals surface area contributed by atoms with E-state index in [1.54, 1.807) is 0 Å². The van der Waals surface area contributed by atoms with Crippen LogP contribution in [0.1, 0.15) is 52.4 Å². The van der Waals surface area contributed by atoms with Crippen molar-refractivity contribution in [3.05, 3.63) is 0 Å². The molecular weight excluding hydrogens is 204 g/mol. The van der Waals surface area contributed by atoms with Crippen LogP contribution in [-0.2, 0) is 4.74 Å². The molecule has 0 aliphatic heterocycles. The zero-order chi connectivity index (χ0) is 11.1. The van der Waals surface area contributed by atoms with Gasteiger partial charge in [0.2, 0.25) is 0 Å². The molecule has 0 aromatic carbocycles. The maximum Gasteiger partial charge on any atom is 0.0530 e. The Labute approximate surface area is 100 Å². The van der Waals surface area contributed by atoms with Crippen LogP contribution >= 0.6 is 12.6 Å². The van der Waals surface area contributed by atoms with Crippen molar-refractivity contribution in [3.8, 4) is 0 Å². The van der Waals surface area contributed by atoms with Crippen LogP contribution < -0.4 is 0 Å². The van der Waals surface area contributed by atoms with Crippen LogP contribution in [0.4, 0.5) is 0 Å². The molecule has 90 valence electrons. The van der Waals surface area contributed by atoms with E-state index in [9.17, 15) is 0 Å². The number of hydrogen-bond donors (Lipinski definition) is 1. The molecule has 1 saturated carbocycles. The van der Waals surface area contributed by atoms with Gasteiger partial charge in [-0.3, -0.25) is 0 Å². The van der Waals surface area contributed by atoms with E-state index in [1.807, 2.05) is 0 Å². The van der Waals surface area contributed by atoms with Crippen LogP contribution in [0, 0.1) is 11.3 Å². The number of thiol groups is 1. The summed E-state index contributed by atoms with van der Waals surface area (Å²) in [4.78, 5) is 0. The highest BCUT2D eigenvalue weighted by atomic mass is 32.1. The van der Waals surface area contributed by atoms with Crippen molar-refractivity contribution in [2.75, 3.05) is 19.0 Å². The highest BCUT2D eigenvalue weighted by Gasteiger charge is 2.29. The maximum absolute atomic E-state index is 5.84. The van der Waals surface area contributed by atoms with Gasteiger partial charge in [0.1, 0.15) is 0 Å². The molecule has 0 aromatic rings. The Hall–Kier alpha value is 0.310. The highest BCUT2D eigenvalue weighted by molar-refractivity contribution is 7.80. The van der Waals surface area contributed by atoms with Gasteiger partial charge in [0, 0.05) is 12.0 Å². The van der Waals surface area contributed by atoms with Gasteiger partial charge in [0.25, 0.3) is 0 Å². The molecule has 0 atom stereocenters. The van der Waals surface area contributed by atoms with Gasteiger partial charge in [-0.2, -0.15) is 12.6 Å². The van der Waals surface area contributed by atoms with Crippen LogP contribution in [0.15, 0.2) is 0 Å². The highest BCUT2D eigenvalue weighted by Crippen LogP contribution is 2.36. The van der Waals surface area contributed by atoms with Gasteiger partial charge >= 0.3 is 0 Å². The van der Waals surface area contributed by atoms with Crippen LogP contribution in [-0.4, -0.2) is 19.0 Å². The summed E-state index contributed by atoms with van der Waals surface area (Å²) in [5, 5.41) is 0. The lowest BCUT2D eigenvalue weighted by Gasteiger charge is -2.31. The minimum Gasteiger partial charge on any atom is -0.381 e. The molecular formula is C13H26OS. The van der Waals surface area contributed by atoms with Crippen molar-refractivity contribution >= 4 is 12.6 Å². The second-order valence-electron chi connectivity index (χ2n) is 5.48. The van der Waals surface area contributed by atoms with E-state index in [4.69, 9.17) is 4.74 Å². The first-order chi connectivity index (χ1) is 7.18. The number of ether oxygens (including phenoxy) is 1. The van der Waals surface area contributed by atoms with Crippen molar-refractivity contribution in [2.24, 2.45) is 11.3 Å². The topological polar surface area (TPSA) is 9.23 Å². The lowest BCUT2D eigenvalue weighted by Crippen LogP contribution is -2.29. The average Bonchev–Trinajstić information content (AvgIpc) is 2.44. The standard InChI is InChI=1S/C13H26OS/c1-12(2)9-14-10-13(11-15)7-5-3-4-6-8-13/h12,15H,3-11H2,1-2H3. The fourth-order valence-corrected chi connectivity index (χ4v) is 2.75. The Balaban J connectivity index is 2.36. The smallest absolute Gasteiger partial charge is 0.0530 e. The molecule has 0 bridgehead atoms. The van der Waals surface area contributed by atoms with Crippen LogP contribution in [0.2, 0.25) is 0 Å². The van der Waals surface area contributed by atoms with E-state index in [2.05, 4.69) is 26.5 Å². The zero-order valence-corrected chi connectivity index (χ0v) is 11.2. The summed E-state index contributed by atoms with van der Waals surface area (Å²) < 4.78 is 5.84. The third-order valence-corrected chi connectivity index (χ3v) is 4.03. The van der Waals surface area contributed by atoms with E-state index in [1.165, 1.54) is 38.5 Å². The van der Waals surface area contributed by atoms with Crippen molar-refractivity contribution in [2.45, 2.75) is 52.4 Å². The van der Waals surface area contributed by atoms with Gasteiger partial charge < -0.3 is 4.74 Å². The summed E-state index contributed by atoms with van der Waals surface area (Å²) in [5.41, 5.74) is 0.383. The molecule has 0 saturated heterocycles. The predicted molar refractivity (Wildman–Crippen MR) is 69.6 cm³/mol. The van der Waals surface area contributed by atoms with E-state index in [0.717, 1.165) is 19.0 Å². The Bertz CT molecular complexity index is 160. The molecule has 0 spiro atoms. The molecule has 2 heteroatoms. The first-order valence-electron chi connectivity index (χ1n) is 6.37. The molecule has 1 aliphatic rings. The third-order valence-electron chi connectivity index (χ3n) is 3.36. The lowest BCUT2D eigenvalue weighted by atomic mass is 9.83. The summed E-state index contributed by atoms with van der Waals surface area (Å²) in [5.74, 6) is 1.64. The SMILES string of the molecule is CC(C)COCC1(CS)CCCCCC1.